The fourth-order valence-electron chi connectivity index (χ4n) is 7.08. The van der Waals surface area contributed by atoms with E-state index < -0.39 is 23.3 Å². The fourth-order valence-corrected chi connectivity index (χ4v) is 7.65. The Kier molecular flexibility index (Phi) is 8.69. The van der Waals surface area contributed by atoms with E-state index in [-0.39, 0.29) is 65.8 Å². The molecule has 0 saturated carbocycles. The van der Waals surface area contributed by atoms with Crippen molar-refractivity contribution in [2.45, 2.75) is 32.0 Å². The number of ether oxygens (including phenoxy) is 3. The minimum absolute atomic E-state index is 0.00591. The highest BCUT2D eigenvalue weighted by Gasteiger charge is 2.43. The molecule has 7 rings (SSSR count). The molecule has 2 aromatic heterocycles. The second kappa shape index (κ2) is 13.0. The van der Waals surface area contributed by atoms with Gasteiger partial charge in [-0.25, -0.2) is 28.5 Å². The van der Waals surface area contributed by atoms with Gasteiger partial charge in [0.2, 0.25) is 0 Å². The van der Waals surface area contributed by atoms with Gasteiger partial charge in [0.05, 0.1) is 48.5 Å². The SMILES string of the molecule is COc1cc(C=C[C@H]2C3=CCn4c(=O)n(CCc5nc6cc(OC)c(OC)cc6n(C)c5=O)c(=O)n4[C@@H]3CC3=C2C(=O)C(I)=CC3=O)ccc1O. The van der Waals surface area contributed by atoms with Crippen LogP contribution in [0, 0.1) is 5.92 Å². The van der Waals surface area contributed by atoms with Crippen molar-refractivity contribution >= 4 is 51.3 Å². The number of hydrogen-bond acceptors (Lipinski definition) is 10. The van der Waals surface area contributed by atoms with E-state index >= 15 is 0 Å². The summed E-state index contributed by atoms with van der Waals surface area (Å²) in [5, 5.41) is 10.1. The molecule has 1 N–H and O–H groups in total. The highest BCUT2D eigenvalue weighted by atomic mass is 127. The number of halogens is 1. The number of rotatable bonds is 8. The summed E-state index contributed by atoms with van der Waals surface area (Å²) in [4.78, 5) is 72.6. The van der Waals surface area contributed by atoms with Crippen LogP contribution in [0.5, 0.6) is 23.0 Å². The van der Waals surface area contributed by atoms with Crippen LogP contribution in [-0.4, -0.2) is 61.5 Å². The third-order valence-electron chi connectivity index (χ3n) is 9.63. The molecule has 0 unspecified atom stereocenters. The first-order valence-electron chi connectivity index (χ1n) is 16.0. The van der Waals surface area contributed by atoms with Crippen LogP contribution in [0.25, 0.3) is 17.1 Å². The maximum atomic E-state index is 14.1. The number of benzene rings is 2. The van der Waals surface area contributed by atoms with Crippen LogP contribution in [0.3, 0.4) is 0 Å². The molecule has 0 amide bonds. The van der Waals surface area contributed by atoms with E-state index in [1.165, 1.54) is 47.4 Å². The molecule has 4 aromatic rings. The Labute approximate surface area is 303 Å². The average Bonchev–Trinajstić information content (AvgIpc) is 3.38. The Bertz CT molecular complexity index is 2490. The molecule has 2 aliphatic carbocycles. The van der Waals surface area contributed by atoms with Gasteiger partial charge in [-0.3, -0.25) is 14.4 Å². The van der Waals surface area contributed by atoms with E-state index in [1.54, 1.807) is 43.5 Å². The zero-order valence-corrected chi connectivity index (χ0v) is 30.2. The summed E-state index contributed by atoms with van der Waals surface area (Å²) >= 11 is 1.86. The third-order valence-corrected chi connectivity index (χ3v) is 10.4. The number of nitrogens with zero attached hydrogens (tertiary/aromatic N) is 5. The normalized spacial score (nSPS) is 18.4. The number of hydrogen-bond donors (Lipinski definition) is 1. The van der Waals surface area contributed by atoms with Crippen molar-refractivity contribution in [2.75, 3.05) is 21.3 Å². The number of carbonyl (C=O) groups excluding carboxylic acids is 2. The van der Waals surface area contributed by atoms with Gasteiger partial charge in [0, 0.05) is 61.7 Å². The second-order valence-electron chi connectivity index (χ2n) is 12.3. The molecule has 14 nitrogen and oxygen atoms in total. The summed E-state index contributed by atoms with van der Waals surface area (Å²) in [6, 6.07) is 7.41. The van der Waals surface area contributed by atoms with Gasteiger partial charge in [-0.1, -0.05) is 24.3 Å². The highest BCUT2D eigenvalue weighted by molar-refractivity contribution is 14.1. The highest BCUT2D eigenvalue weighted by Crippen LogP contribution is 2.46. The molecule has 51 heavy (non-hydrogen) atoms. The van der Waals surface area contributed by atoms with Crippen LogP contribution in [0.2, 0.25) is 0 Å². The molecule has 0 spiro atoms. The topological polar surface area (TPSA) is 166 Å². The Hall–Kier alpha value is -5.45. The second-order valence-corrected chi connectivity index (χ2v) is 13.4. The number of phenols is 1. The predicted molar refractivity (Wildman–Crippen MR) is 195 cm³/mol. The number of methoxy groups -OCH3 is 3. The van der Waals surface area contributed by atoms with E-state index in [1.807, 2.05) is 28.7 Å². The van der Waals surface area contributed by atoms with Gasteiger partial charge >= 0.3 is 11.4 Å². The molecular formula is C36H32IN5O9. The molecule has 1 aliphatic heterocycles. The lowest BCUT2D eigenvalue weighted by Gasteiger charge is -2.38. The number of carbonyl (C=O) groups is 2. The van der Waals surface area contributed by atoms with Crippen molar-refractivity contribution in [1.82, 2.24) is 23.5 Å². The van der Waals surface area contributed by atoms with E-state index in [2.05, 4.69) is 4.98 Å². The number of Topliss-reactive ketones (excluding diaryl/α,β-unsaturated/α-hetero) is 1. The summed E-state index contributed by atoms with van der Waals surface area (Å²) in [6.07, 6.45) is 6.73. The summed E-state index contributed by atoms with van der Waals surface area (Å²) in [7, 11) is 6.04. The molecule has 0 saturated heterocycles. The van der Waals surface area contributed by atoms with Crippen LogP contribution in [0.15, 0.2) is 83.2 Å². The average molecular weight is 806 g/mol. The van der Waals surface area contributed by atoms with E-state index in [0.29, 0.717) is 42.8 Å². The van der Waals surface area contributed by atoms with Crippen LogP contribution in [0.4, 0.5) is 0 Å². The first kappa shape index (κ1) is 34.0. The summed E-state index contributed by atoms with van der Waals surface area (Å²) in [5.41, 5.74) is 1.62. The summed E-state index contributed by atoms with van der Waals surface area (Å²) < 4.78 is 21.5. The summed E-state index contributed by atoms with van der Waals surface area (Å²) in [6.45, 7) is -0.0638. The molecule has 3 heterocycles. The number of ketones is 2. The van der Waals surface area contributed by atoms with Gasteiger partial charge in [0.1, 0.15) is 5.69 Å². The van der Waals surface area contributed by atoms with Crippen LogP contribution in [0.1, 0.15) is 23.7 Å². The Morgan fingerprint density at radius 3 is 2.43 bits per heavy atom. The monoisotopic (exact) mass is 805 g/mol. The molecule has 0 radical (unpaired) electrons. The van der Waals surface area contributed by atoms with Gasteiger partial charge in [-0.05, 0) is 45.9 Å². The number of allylic oxidation sites excluding steroid dienone is 7. The van der Waals surface area contributed by atoms with Crippen molar-refractivity contribution < 1.29 is 28.9 Å². The van der Waals surface area contributed by atoms with Gasteiger partial charge in [0.25, 0.3) is 5.56 Å². The zero-order chi connectivity index (χ0) is 36.3. The maximum absolute atomic E-state index is 14.1. The van der Waals surface area contributed by atoms with Crippen LogP contribution in [-0.2, 0) is 36.1 Å². The molecule has 262 valence electrons. The number of aryl methyl sites for hydroxylation is 2. The van der Waals surface area contributed by atoms with Gasteiger partial charge < -0.3 is 23.9 Å². The molecule has 0 fully saturated rings. The summed E-state index contributed by atoms with van der Waals surface area (Å²) in [5.74, 6) is -0.147. The van der Waals surface area contributed by atoms with Gasteiger partial charge in [0.15, 0.2) is 34.6 Å². The first-order valence-corrected chi connectivity index (χ1v) is 17.0. The third kappa shape index (κ3) is 5.55. The zero-order valence-electron chi connectivity index (χ0n) is 28.0. The largest absolute Gasteiger partial charge is 0.504 e. The molecular weight excluding hydrogens is 773 g/mol. The minimum atomic E-state index is -0.724. The first-order chi connectivity index (χ1) is 24.5. The Morgan fingerprint density at radius 1 is 0.980 bits per heavy atom. The molecule has 3 aliphatic rings. The van der Waals surface area contributed by atoms with Gasteiger partial charge in [-0.15, -0.1) is 0 Å². The lowest BCUT2D eigenvalue weighted by atomic mass is 9.71. The van der Waals surface area contributed by atoms with Crippen molar-refractivity contribution in [3.63, 3.8) is 0 Å². The quantitative estimate of drug-likeness (QED) is 0.159. The fraction of sp³-hybridized carbons (Fsp3) is 0.278. The smallest absolute Gasteiger partial charge is 0.347 e. The minimum Gasteiger partial charge on any atom is -0.504 e. The maximum Gasteiger partial charge on any atom is 0.347 e. The number of aromatic nitrogens is 5. The lowest BCUT2D eigenvalue weighted by Crippen LogP contribution is -2.41. The number of aromatic hydroxyl groups is 1. The van der Waals surface area contributed by atoms with Crippen molar-refractivity contribution in [1.29, 1.82) is 0 Å². The number of phenolic OH excluding ortho intramolecular Hbond substituents is 1. The van der Waals surface area contributed by atoms with Crippen molar-refractivity contribution in [3.05, 3.63) is 111 Å². The van der Waals surface area contributed by atoms with Gasteiger partial charge in [-0.2, -0.15) is 0 Å². The molecule has 2 aromatic carbocycles. The van der Waals surface area contributed by atoms with E-state index in [0.717, 1.165) is 4.57 Å². The number of fused-ring (bicyclic) bond motifs is 4. The Morgan fingerprint density at radius 2 is 1.71 bits per heavy atom. The van der Waals surface area contributed by atoms with E-state index in [9.17, 15) is 29.1 Å². The van der Waals surface area contributed by atoms with Crippen LogP contribution < -0.4 is 31.1 Å². The van der Waals surface area contributed by atoms with Crippen molar-refractivity contribution in [3.8, 4) is 23.0 Å². The molecule has 15 heteroatoms. The Balaban J connectivity index is 1.26. The molecule has 0 bridgehead atoms. The predicted octanol–water partition coefficient (Wildman–Crippen LogP) is 3.01. The lowest BCUT2D eigenvalue weighted by molar-refractivity contribution is -0.115. The van der Waals surface area contributed by atoms with Crippen molar-refractivity contribution in [2.24, 2.45) is 13.0 Å². The standard InChI is InChI=1S/C36H32IN5O9/c1-39-26-17-31(51-4)30(50-3)16-24(26)38-23(34(39)46)10-11-40-35(47)41-12-9-19-20(7-5-18-6-8-27(43)29(13-18)49-2)32-21(14-25(19)42(41)36(40)48)28(44)15-22(37)33(32)45/h5-9,13,15-17,20,25,43H,10-12,14H2,1-4H3/t20-,25+/m0/s1. The molecule has 2 atom stereocenters. The van der Waals surface area contributed by atoms with E-state index in [4.69, 9.17) is 14.2 Å². The van der Waals surface area contributed by atoms with Crippen LogP contribution >= 0.6 is 22.6 Å².